The summed E-state index contributed by atoms with van der Waals surface area (Å²) in [6.07, 6.45) is 4.19. The molecule has 0 bridgehead atoms. The third-order valence-electron chi connectivity index (χ3n) is 5.06. The minimum atomic E-state index is -3.62. The molecule has 1 aromatic carbocycles. The van der Waals surface area contributed by atoms with E-state index in [9.17, 15) is 18.0 Å². The summed E-state index contributed by atoms with van der Waals surface area (Å²) in [5.41, 5.74) is 1.84. The zero-order chi connectivity index (χ0) is 21.2. The van der Waals surface area contributed by atoms with Gasteiger partial charge in [0.25, 0.3) is 5.91 Å². The predicted molar refractivity (Wildman–Crippen MR) is 108 cm³/mol. The molecule has 2 aromatic rings. The Balaban J connectivity index is 1.81. The highest BCUT2D eigenvalue weighted by Gasteiger charge is 2.28. The molecule has 1 aromatic heterocycles. The zero-order valence-corrected chi connectivity index (χ0v) is 17.6. The van der Waals surface area contributed by atoms with Gasteiger partial charge in [-0.2, -0.15) is 4.31 Å². The Morgan fingerprint density at radius 1 is 1.10 bits per heavy atom. The number of methoxy groups -OCH3 is 1. The third kappa shape index (κ3) is 4.35. The maximum atomic E-state index is 12.9. The van der Waals surface area contributed by atoms with Crippen molar-refractivity contribution in [2.45, 2.75) is 31.1 Å². The van der Waals surface area contributed by atoms with Crippen molar-refractivity contribution in [3.63, 3.8) is 0 Å². The van der Waals surface area contributed by atoms with E-state index < -0.39 is 21.9 Å². The van der Waals surface area contributed by atoms with Gasteiger partial charge in [-0.1, -0.05) is 6.42 Å². The van der Waals surface area contributed by atoms with Gasteiger partial charge in [0.2, 0.25) is 10.0 Å². The Labute approximate surface area is 170 Å². The van der Waals surface area contributed by atoms with Crippen molar-refractivity contribution < 1.29 is 22.7 Å². The van der Waals surface area contributed by atoms with Crippen LogP contribution >= 0.6 is 0 Å². The van der Waals surface area contributed by atoms with E-state index in [2.05, 4.69) is 5.32 Å². The van der Waals surface area contributed by atoms with Crippen LogP contribution in [0.4, 0.5) is 5.69 Å². The summed E-state index contributed by atoms with van der Waals surface area (Å²) in [4.78, 5) is 24.5. The lowest BCUT2D eigenvalue weighted by Crippen LogP contribution is -2.35. The van der Waals surface area contributed by atoms with E-state index in [0.717, 1.165) is 19.3 Å². The fourth-order valence-electron chi connectivity index (χ4n) is 3.39. The first-order valence-corrected chi connectivity index (χ1v) is 10.8. The average Bonchev–Trinajstić information content (AvgIpc) is 3.12. The van der Waals surface area contributed by atoms with Crippen molar-refractivity contribution in [2.24, 2.45) is 7.05 Å². The first-order chi connectivity index (χ1) is 13.7. The number of ether oxygens (including phenoxy) is 1. The fourth-order valence-corrected chi connectivity index (χ4v) is 4.98. The van der Waals surface area contributed by atoms with Crippen molar-refractivity contribution in [1.29, 1.82) is 0 Å². The monoisotopic (exact) mass is 419 g/mol. The lowest BCUT2D eigenvalue weighted by atomic mass is 10.1. The summed E-state index contributed by atoms with van der Waals surface area (Å²) in [5, 5.41) is 2.78. The molecule has 1 N–H and O–H groups in total. The number of aromatic nitrogens is 1. The van der Waals surface area contributed by atoms with E-state index in [1.54, 1.807) is 32.2 Å². The smallest absolute Gasteiger partial charge is 0.337 e. The van der Waals surface area contributed by atoms with Crippen LogP contribution in [0.15, 0.2) is 35.4 Å². The van der Waals surface area contributed by atoms with Gasteiger partial charge in [0.1, 0.15) is 10.6 Å². The molecule has 0 aliphatic carbocycles. The Kier molecular flexibility index (Phi) is 6.09. The van der Waals surface area contributed by atoms with Crippen LogP contribution in [-0.2, 0) is 21.8 Å². The van der Waals surface area contributed by atoms with Gasteiger partial charge in [0.15, 0.2) is 0 Å². The third-order valence-corrected chi connectivity index (χ3v) is 6.92. The Morgan fingerprint density at radius 3 is 2.41 bits per heavy atom. The van der Waals surface area contributed by atoms with Gasteiger partial charge in [-0.3, -0.25) is 4.79 Å². The van der Waals surface area contributed by atoms with Crippen molar-refractivity contribution in [3.8, 4) is 0 Å². The van der Waals surface area contributed by atoms with Crippen LogP contribution in [0.1, 0.15) is 45.7 Å². The molecular formula is C20H25N3O5S. The lowest BCUT2D eigenvalue weighted by molar-refractivity contribution is 0.0600. The molecule has 0 saturated carbocycles. The molecule has 9 heteroatoms. The van der Waals surface area contributed by atoms with Gasteiger partial charge >= 0.3 is 5.97 Å². The quantitative estimate of drug-likeness (QED) is 0.751. The summed E-state index contributed by atoms with van der Waals surface area (Å²) in [5.74, 6) is -0.887. The number of piperidine rings is 1. The van der Waals surface area contributed by atoms with Crippen LogP contribution in [-0.4, -0.2) is 49.4 Å². The Morgan fingerprint density at radius 2 is 1.79 bits per heavy atom. The van der Waals surface area contributed by atoms with Gasteiger partial charge in [-0.05, 0) is 49.6 Å². The standard InChI is InChI=1S/C20H25N3O5S/c1-14-11-15(20(25)28-3)7-8-17(14)21-19(24)18-12-16(13-22(18)2)29(26,27)23-9-5-4-6-10-23/h7-8,11-13H,4-6,9-10H2,1-3H3,(H,21,24). The molecule has 3 rings (SSSR count). The molecule has 8 nitrogen and oxygen atoms in total. The number of carbonyl (C=O) groups is 2. The summed E-state index contributed by atoms with van der Waals surface area (Å²) in [6.45, 7) is 2.77. The molecular weight excluding hydrogens is 394 g/mol. The van der Waals surface area contributed by atoms with Crippen molar-refractivity contribution in [3.05, 3.63) is 47.3 Å². The number of aryl methyl sites for hydroxylation is 2. The van der Waals surface area contributed by atoms with Crippen LogP contribution in [0, 0.1) is 6.92 Å². The number of sulfonamides is 1. The molecule has 0 radical (unpaired) electrons. The number of amides is 1. The van der Waals surface area contributed by atoms with Gasteiger partial charge < -0.3 is 14.6 Å². The number of hydrogen-bond acceptors (Lipinski definition) is 5. The number of benzene rings is 1. The number of hydrogen-bond donors (Lipinski definition) is 1. The molecule has 0 spiro atoms. The van der Waals surface area contributed by atoms with Crippen LogP contribution in [0.5, 0.6) is 0 Å². The van der Waals surface area contributed by atoms with Gasteiger partial charge in [0.05, 0.1) is 12.7 Å². The summed E-state index contributed by atoms with van der Waals surface area (Å²) in [6, 6.07) is 6.20. The number of rotatable bonds is 5. The topological polar surface area (TPSA) is 97.7 Å². The molecule has 1 saturated heterocycles. The molecule has 0 unspecified atom stereocenters. The molecule has 0 atom stereocenters. The number of nitrogens with zero attached hydrogens (tertiary/aromatic N) is 2. The zero-order valence-electron chi connectivity index (χ0n) is 16.8. The Bertz CT molecular complexity index is 1040. The number of anilines is 1. The first kappa shape index (κ1) is 21.1. The van der Waals surface area contributed by atoms with Crippen LogP contribution < -0.4 is 5.32 Å². The van der Waals surface area contributed by atoms with Gasteiger partial charge in [-0.15, -0.1) is 0 Å². The Hall–Kier alpha value is -2.65. The highest BCUT2D eigenvalue weighted by molar-refractivity contribution is 7.89. The second-order valence-corrected chi connectivity index (χ2v) is 9.05. The number of esters is 1. The SMILES string of the molecule is COC(=O)c1ccc(NC(=O)c2cc(S(=O)(=O)N3CCCCC3)cn2C)c(C)c1. The number of carbonyl (C=O) groups excluding carboxylic acids is 2. The number of nitrogens with one attached hydrogen (secondary N) is 1. The van der Waals surface area contributed by atoms with Crippen molar-refractivity contribution >= 4 is 27.6 Å². The summed E-state index contributed by atoms with van der Waals surface area (Å²) >= 11 is 0. The summed E-state index contributed by atoms with van der Waals surface area (Å²) < 4.78 is 33.4. The molecule has 1 aliphatic rings. The highest BCUT2D eigenvalue weighted by atomic mass is 32.2. The molecule has 1 amide bonds. The van der Waals surface area contributed by atoms with Crippen molar-refractivity contribution in [2.75, 3.05) is 25.5 Å². The largest absolute Gasteiger partial charge is 0.465 e. The van der Waals surface area contributed by atoms with E-state index in [0.29, 0.717) is 29.9 Å². The van der Waals surface area contributed by atoms with E-state index in [4.69, 9.17) is 4.74 Å². The minimum absolute atomic E-state index is 0.116. The maximum Gasteiger partial charge on any atom is 0.337 e. The fraction of sp³-hybridized carbons (Fsp3) is 0.400. The lowest BCUT2D eigenvalue weighted by Gasteiger charge is -2.25. The van der Waals surface area contributed by atoms with Gasteiger partial charge in [0, 0.05) is 32.0 Å². The van der Waals surface area contributed by atoms with Crippen molar-refractivity contribution in [1.82, 2.24) is 8.87 Å². The first-order valence-electron chi connectivity index (χ1n) is 9.41. The molecule has 156 valence electrons. The van der Waals surface area contributed by atoms with Crippen LogP contribution in [0.25, 0.3) is 0 Å². The molecule has 29 heavy (non-hydrogen) atoms. The van der Waals surface area contributed by atoms with E-state index in [1.807, 2.05) is 0 Å². The van der Waals surface area contributed by atoms with E-state index >= 15 is 0 Å². The maximum absolute atomic E-state index is 12.9. The second kappa shape index (κ2) is 8.38. The molecule has 1 fully saturated rings. The highest BCUT2D eigenvalue weighted by Crippen LogP contribution is 2.23. The van der Waals surface area contributed by atoms with E-state index in [1.165, 1.54) is 28.2 Å². The summed E-state index contributed by atoms with van der Waals surface area (Å²) in [7, 11) is -0.675. The van der Waals surface area contributed by atoms with E-state index in [-0.39, 0.29) is 10.6 Å². The molecule has 2 heterocycles. The van der Waals surface area contributed by atoms with Crippen LogP contribution in [0.3, 0.4) is 0 Å². The normalized spacial score (nSPS) is 15.1. The van der Waals surface area contributed by atoms with Gasteiger partial charge in [-0.25, -0.2) is 13.2 Å². The van der Waals surface area contributed by atoms with Crippen LogP contribution in [0.2, 0.25) is 0 Å². The average molecular weight is 420 g/mol. The second-order valence-electron chi connectivity index (χ2n) is 7.11. The molecule has 1 aliphatic heterocycles. The minimum Gasteiger partial charge on any atom is -0.465 e. The predicted octanol–water partition coefficient (Wildman–Crippen LogP) is 2.55.